The van der Waals surface area contributed by atoms with Gasteiger partial charge in [-0.15, -0.1) is 0 Å². The number of allylic oxidation sites excluding steroid dienone is 1. The minimum Gasteiger partial charge on any atom is -0.303 e. The monoisotopic (exact) mass is 347 g/mol. The largest absolute Gasteiger partial charge is 0.303 e. The Morgan fingerprint density at radius 1 is 1.35 bits per heavy atom. The molecule has 2 heterocycles. The summed E-state index contributed by atoms with van der Waals surface area (Å²) < 4.78 is 17.7. The number of nitrogens with zero attached hydrogens (tertiary/aromatic N) is 5. The highest BCUT2D eigenvalue weighted by molar-refractivity contribution is 5.80. The highest BCUT2D eigenvalue weighted by atomic mass is 19.1. The Kier molecular flexibility index (Phi) is 3.73. The quantitative estimate of drug-likeness (QED) is 0.682. The van der Waals surface area contributed by atoms with Gasteiger partial charge < -0.3 is 4.57 Å². The number of aldehydes is 1. The van der Waals surface area contributed by atoms with E-state index in [0.29, 0.717) is 17.7 Å². The first-order chi connectivity index (χ1) is 12.6. The van der Waals surface area contributed by atoms with Crippen molar-refractivity contribution in [3.8, 4) is 17.5 Å². The Morgan fingerprint density at radius 3 is 2.92 bits per heavy atom. The summed E-state index contributed by atoms with van der Waals surface area (Å²) in [7, 11) is 1.91. The first kappa shape index (κ1) is 16.0. The van der Waals surface area contributed by atoms with Gasteiger partial charge in [0.2, 0.25) is 0 Å². The van der Waals surface area contributed by atoms with Gasteiger partial charge in [0.1, 0.15) is 23.4 Å². The predicted molar refractivity (Wildman–Crippen MR) is 93.4 cm³/mol. The van der Waals surface area contributed by atoms with Crippen LogP contribution in [0.3, 0.4) is 0 Å². The van der Waals surface area contributed by atoms with Gasteiger partial charge in [0, 0.05) is 35.8 Å². The number of hydrogen-bond donors (Lipinski definition) is 0. The van der Waals surface area contributed by atoms with E-state index in [1.807, 2.05) is 17.8 Å². The molecule has 0 saturated heterocycles. The molecule has 3 aromatic rings. The molecule has 0 saturated carbocycles. The predicted octanol–water partition coefficient (Wildman–Crippen LogP) is 3.05. The van der Waals surface area contributed by atoms with Crippen molar-refractivity contribution in [1.82, 2.24) is 19.3 Å². The van der Waals surface area contributed by atoms with Crippen LogP contribution in [0.15, 0.2) is 30.6 Å². The lowest BCUT2D eigenvalue weighted by Crippen LogP contribution is -2.08. The number of benzene rings is 1. The molecule has 4 rings (SSSR count). The van der Waals surface area contributed by atoms with Crippen LogP contribution < -0.4 is 0 Å². The van der Waals surface area contributed by atoms with E-state index in [2.05, 4.69) is 10.1 Å². The number of carbonyl (C=O) groups is 1. The molecule has 1 aromatic carbocycles. The molecule has 1 aliphatic rings. The van der Waals surface area contributed by atoms with Gasteiger partial charge in [-0.3, -0.25) is 9.48 Å². The lowest BCUT2D eigenvalue weighted by molar-refractivity contribution is 0.111. The topological polar surface area (TPSA) is 76.5 Å². The van der Waals surface area contributed by atoms with Crippen LogP contribution in [-0.4, -0.2) is 25.6 Å². The van der Waals surface area contributed by atoms with Gasteiger partial charge >= 0.3 is 0 Å². The van der Waals surface area contributed by atoms with Crippen molar-refractivity contribution in [2.24, 2.45) is 7.05 Å². The molecule has 6 nitrogen and oxygen atoms in total. The van der Waals surface area contributed by atoms with Crippen LogP contribution in [-0.2, 0) is 13.5 Å². The minimum absolute atomic E-state index is 0.0284. The number of nitriles is 1. The number of aromatic nitrogens is 4. The zero-order valence-electron chi connectivity index (χ0n) is 14.0. The third-order valence-electron chi connectivity index (χ3n) is 4.54. The van der Waals surface area contributed by atoms with E-state index in [-0.39, 0.29) is 11.3 Å². The van der Waals surface area contributed by atoms with Crippen molar-refractivity contribution in [3.05, 3.63) is 58.9 Å². The summed E-state index contributed by atoms with van der Waals surface area (Å²) in [5.74, 6) is -0.145. The molecule has 1 aliphatic carbocycles. The summed E-state index contributed by atoms with van der Waals surface area (Å²) in [4.78, 5) is 15.5. The third-order valence-corrected chi connectivity index (χ3v) is 4.54. The lowest BCUT2D eigenvalue weighted by Gasteiger charge is -2.17. The van der Waals surface area contributed by atoms with E-state index < -0.39 is 5.82 Å². The fourth-order valence-electron chi connectivity index (χ4n) is 3.22. The normalized spacial score (nSPS) is 13.0. The second kappa shape index (κ2) is 6.08. The SMILES string of the molecule is Cn1ncc2c1CCC(n1cc(C=O)nc1-c1ccc(C#N)c(F)c1)=C2. The van der Waals surface area contributed by atoms with E-state index in [4.69, 9.17) is 5.26 Å². The van der Waals surface area contributed by atoms with Crippen LogP contribution >= 0.6 is 0 Å². The maximum atomic E-state index is 14.0. The number of halogens is 1. The molecule has 0 atom stereocenters. The van der Waals surface area contributed by atoms with Crippen LogP contribution in [0.2, 0.25) is 0 Å². The number of carbonyl (C=O) groups excluding carboxylic acids is 1. The number of rotatable bonds is 3. The Balaban J connectivity index is 1.85. The van der Waals surface area contributed by atoms with Gasteiger partial charge in [-0.05, 0) is 37.1 Å². The first-order valence-electron chi connectivity index (χ1n) is 8.07. The minimum atomic E-state index is -0.612. The van der Waals surface area contributed by atoms with Gasteiger partial charge in [-0.25, -0.2) is 9.37 Å². The van der Waals surface area contributed by atoms with Crippen molar-refractivity contribution < 1.29 is 9.18 Å². The Labute approximate surface area is 148 Å². The summed E-state index contributed by atoms with van der Waals surface area (Å²) >= 11 is 0. The summed E-state index contributed by atoms with van der Waals surface area (Å²) in [5.41, 5.74) is 3.86. The number of hydrogen-bond acceptors (Lipinski definition) is 4. The molecule has 0 unspecified atom stereocenters. The Hall–Kier alpha value is -3.53. The highest BCUT2D eigenvalue weighted by Crippen LogP contribution is 2.31. The lowest BCUT2D eigenvalue weighted by atomic mass is 10.0. The van der Waals surface area contributed by atoms with Gasteiger partial charge in [0.05, 0.1) is 11.8 Å². The van der Waals surface area contributed by atoms with Crippen LogP contribution in [0, 0.1) is 17.1 Å². The Morgan fingerprint density at radius 2 is 2.19 bits per heavy atom. The smallest absolute Gasteiger partial charge is 0.170 e. The summed E-state index contributed by atoms with van der Waals surface area (Å²) in [6, 6.07) is 6.12. The van der Waals surface area contributed by atoms with E-state index in [1.165, 1.54) is 12.1 Å². The third kappa shape index (κ3) is 2.52. The molecule has 0 aliphatic heterocycles. The Bertz CT molecular complexity index is 1100. The van der Waals surface area contributed by atoms with Crippen molar-refractivity contribution in [2.45, 2.75) is 12.8 Å². The zero-order valence-corrected chi connectivity index (χ0v) is 14.0. The van der Waals surface area contributed by atoms with E-state index >= 15 is 0 Å². The molecular formula is C19H14FN5O. The first-order valence-corrected chi connectivity index (χ1v) is 8.07. The zero-order chi connectivity index (χ0) is 18.3. The maximum absolute atomic E-state index is 14.0. The van der Waals surface area contributed by atoms with Crippen molar-refractivity contribution in [1.29, 1.82) is 5.26 Å². The number of imidazole rings is 1. The number of fused-ring (bicyclic) bond motifs is 1. The second-order valence-electron chi connectivity index (χ2n) is 6.09. The van der Waals surface area contributed by atoms with E-state index in [1.54, 1.807) is 29.1 Å². The number of aryl methyl sites for hydroxylation is 1. The van der Waals surface area contributed by atoms with Crippen molar-refractivity contribution in [3.63, 3.8) is 0 Å². The molecule has 0 N–H and O–H groups in total. The van der Waals surface area contributed by atoms with Gasteiger partial charge in [-0.1, -0.05) is 0 Å². The average molecular weight is 347 g/mol. The molecule has 0 spiro atoms. The van der Waals surface area contributed by atoms with E-state index in [9.17, 15) is 9.18 Å². The second-order valence-corrected chi connectivity index (χ2v) is 6.09. The van der Waals surface area contributed by atoms with E-state index in [0.717, 1.165) is 29.8 Å². The van der Waals surface area contributed by atoms with Crippen molar-refractivity contribution >= 4 is 18.1 Å². The van der Waals surface area contributed by atoms with Crippen LogP contribution in [0.5, 0.6) is 0 Å². The van der Waals surface area contributed by atoms with Crippen LogP contribution in [0.4, 0.5) is 4.39 Å². The summed E-state index contributed by atoms with van der Waals surface area (Å²) in [6.45, 7) is 0. The van der Waals surface area contributed by atoms with Crippen LogP contribution in [0.1, 0.15) is 33.7 Å². The molecule has 0 bridgehead atoms. The van der Waals surface area contributed by atoms with Gasteiger partial charge in [-0.2, -0.15) is 10.4 Å². The fourth-order valence-corrected chi connectivity index (χ4v) is 3.22. The fraction of sp³-hybridized carbons (Fsp3) is 0.158. The molecule has 0 radical (unpaired) electrons. The summed E-state index contributed by atoms with van der Waals surface area (Å²) in [5, 5.41) is 13.2. The highest BCUT2D eigenvalue weighted by Gasteiger charge is 2.19. The average Bonchev–Trinajstić information content (AvgIpc) is 3.25. The summed E-state index contributed by atoms with van der Waals surface area (Å²) in [6.07, 6.45) is 7.67. The molecule has 7 heteroatoms. The van der Waals surface area contributed by atoms with Gasteiger partial charge in [0.25, 0.3) is 0 Å². The molecule has 2 aromatic heterocycles. The molecule has 0 amide bonds. The van der Waals surface area contributed by atoms with Crippen molar-refractivity contribution in [2.75, 3.05) is 0 Å². The maximum Gasteiger partial charge on any atom is 0.170 e. The molecule has 26 heavy (non-hydrogen) atoms. The van der Waals surface area contributed by atoms with Gasteiger partial charge in [0.15, 0.2) is 6.29 Å². The molecule has 0 fully saturated rings. The van der Waals surface area contributed by atoms with Crippen LogP contribution in [0.25, 0.3) is 23.2 Å². The molecular weight excluding hydrogens is 333 g/mol. The standard InChI is InChI=1S/C19H14FN5O/c1-24-18-5-4-16(6-14(18)9-22-24)25-10-15(11-26)23-19(25)12-2-3-13(8-21)17(20)7-12/h2-3,6-7,9-11H,4-5H2,1H3. The molecule has 128 valence electrons.